The third kappa shape index (κ3) is 3.27. The molecule has 1 aromatic heterocycles. The van der Waals surface area contributed by atoms with Gasteiger partial charge in [0.2, 0.25) is 5.95 Å². The van der Waals surface area contributed by atoms with E-state index in [0.29, 0.717) is 23.2 Å². The van der Waals surface area contributed by atoms with E-state index < -0.39 is 0 Å². The van der Waals surface area contributed by atoms with Crippen molar-refractivity contribution >= 4 is 35.0 Å². The van der Waals surface area contributed by atoms with Gasteiger partial charge in [-0.05, 0) is 24.6 Å². The van der Waals surface area contributed by atoms with E-state index in [0.717, 1.165) is 23.6 Å². The second kappa shape index (κ2) is 6.28. The molecule has 22 heavy (non-hydrogen) atoms. The van der Waals surface area contributed by atoms with Crippen molar-refractivity contribution in [2.24, 2.45) is 0 Å². The summed E-state index contributed by atoms with van der Waals surface area (Å²) in [4.78, 5) is 10.6. The van der Waals surface area contributed by atoms with Crippen LogP contribution in [0.3, 0.4) is 0 Å². The van der Waals surface area contributed by atoms with Gasteiger partial charge in [-0.1, -0.05) is 29.3 Å². The van der Waals surface area contributed by atoms with Gasteiger partial charge < -0.3 is 15.4 Å². The molecular weight excluding hydrogens is 323 g/mol. The second-order valence-electron chi connectivity index (χ2n) is 5.20. The minimum absolute atomic E-state index is 0.0833. The third-order valence-electron chi connectivity index (χ3n) is 3.56. The number of nitrogens with zero attached hydrogens (tertiary/aromatic N) is 3. The minimum atomic E-state index is -0.0833. The lowest BCUT2D eigenvalue weighted by atomic mass is 10.1. The normalized spacial score (nSPS) is 18.5. The Morgan fingerprint density at radius 1 is 1.23 bits per heavy atom. The number of anilines is 2. The molecular formula is C15H16Cl2N4O. The van der Waals surface area contributed by atoms with Gasteiger partial charge in [0.25, 0.3) is 0 Å². The Balaban J connectivity index is 1.83. The van der Waals surface area contributed by atoms with E-state index >= 15 is 0 Å². The van der Waals surface area contributed by atoms with Gasteiger partial charge in [0.15, 0.2) is 0 Å². The highest BCUT2D eigenvalue weighted by molar-refractivity contribution is 6.42. The van der Waals surface area contributed by atoms with Crippen molar-refractivity contribution in [2.75, 3.05) is 30.3 Å². The third-order valence-corrected chi connectivity index (χ3v) is 4.30. The van der Waals surface area contributed by atoms with Crippen molar-refractivity contribution in [3.63, 3.8) is 0 Å². The van der Waals surface area contributed by atoms with Crippen LogP contribution in [-0.4, -0.2) is 29.7 Å². The van der Waals surface area contributed by atoms with Crippen LogP contribution < -0.4 is 10.6 Å². The summed E-state index contributed by atoms with van der Waals surface area (Å²) in [5.41, 5.74) is 7.58. The monoisotopic (exact) mass is 338 g/mol. The molecule has 116 valence electrons. The molecule has 1 atom stereocenters. The lowest BCUT2D eigenvalue weighted by Gasteiger charge is -2.34. The summed E-state index contributed by atoms with van der Waals surface area (Å²) in [5, 5.41) is 1.07. The molecule has 2 aromatic rings. The van der Waals surface area contributed by atoms with Crippen LogP contribution in [0.2, 0.25) is 10.0 Å². The molecule has 0 unspecified atom stereocenters. The van der Waals surface area contributed by atoms with Crippen LogP contribution in [0.1, 0.15) is 17.4 Å². The van der Waals surface area contributed by atoms with Crippen molar-refractivity contribution in [1.82, 2.24) is 9.97 Å². The molecule has 3 rings (SSSR count). The molecule has 0 aliphatic carbocycles. The molecule has 1 saturated heterocycles. The van der Waals surface area contributed by atoms with Crippen LogP contribution in [-0.2, 0) is 4.74 Å². The van der Waals surface area contributed by atoms with Crippen molar-refractivity contribution in [3.8, 4) is 0 Å². The van der Waals surface area contributed by atoms with Crippen molar-refractivity contribution in [1.29, 1.82) is 0 Å². The highest BCUT2D eigenvalue weighted by atomic mass is 35.5. The fraction of sp³-hybridized carbons (Fsp3) is 0.333. The van der Waals surface area contributed by atoms with E-state index in [-0.39, 0.29) is 12.1 Å². The number of hydrogen-bond donors (Lipinski definition) is 1. The molecule has 0 saturated carbocycles. The smallest absolute Gasteiger partial charge is 0.222 e. The highest BCUT2D eigenvalue weighted by Crippen LogP contribution is 2.30. The Labute approximate surface area is 139 Å². The van der Waals surface area contributed by atoms with Crippen LogP contribution >= 0.6 is 23.2 Å². The van der Waals surface area contributed by atoms with Gasteiger partial charge in [-0.2, -0.15) is 4.98 Å². The van der Waals surface area contributed by atoms with E-state index in [4.69, 9.17) is 33.7 Å². The maximum absolute atomic E-state index is 6.09. The van der Waals surface area contributed by atoms with E-state index in [1.165, 1.54) is 0 Å². The van der Waals surface area contributed by atoms with Gasteiger partial charge in [-0.15, -0.1) is 0 Å². The van der Waals surface area contributed by atoms with Gasteiger partial charge in [-0.3, -0.25) is 0 Å². The van der Waals surface area contributed by atoms with Crippen molar-refractivity contribution in [3.05, 3.63) is 45.6 Å². The molecule has 0 bridgehead atoms. The molecule has 2 heterocycles. The summed E-state index contributed by atoms with van der Waals surface area (Å²) in [6.45, 7) is 3.94. The summed E-state index contributed by atoms with van der Waals surface area (Å²) in [6, 6.07) is 7.49. The maximum atomic E-state index is 6.09. The number of aromatic nitrogens is 2. The molecule has 1 aliphatic heterocycles. The Bertz CT molecular complexity index is 675. The van der Waals surface area contributed by atoms with Gasteiger partial charge in [0, 0.05) is 24.8 Å². The van der Waals surface area contributed by atoms with E-state index in [9.17, 15) is 0 Å². The Morgan fingerprint density at radius 2 is 2.05 bits per heavy atom. The largest absolute Gasteiger partial charge is 0.370 e. The standard InChI is InChI=1S/C15H16Cl2N4O/c1-9-6-14(20-15(18)19-9)21-4-5-22-13(8-21)10-2-3-11(16)12(17)7-10/h2-3,6-7,13H,4-5,8H2,1H3,(H2,18,19,20)/t13-/m1/s1. The SMILES string of the molecule is Cc1cc(N2CCO[C@@H](c3ccc(Cl)c(Cl)c3)C2)nc(N)n1. The van der Waals surface area contributed by atoms with Crippen LogP contribution in [0.25, 0.3) is 0 Å². The molecule has 0 radical (unpaired) electrons. The average Bonchev–Trinajstić information content (AvgIpc) is 2.49. The first-order valence-electron chi connectivity index (χ1n) is 6.95. The summed E-state index contributed by atoms with van der Waals surface area (Å²) < 4.78 is 5.85. The number of nitrogens with two attached hydrogens (primary N) is 1. The van der Waals surface area contributed by atoms with E-state index in [1.807, 2.05) is 25.1 Å². The number of morpholine rings is 1. The van der Waals surface area contributed by atoms with Crippen LogP contribution in [0.4, 0.5) is 11.8 Å². The van der Waals surface area contributed by atoms with Crippen molar-refractivity contribution < 1.29 is 4.74 Å². The molecule has 1 aromatic carbocycles. The second-order valence-corrected chi connectivity index (χ2v) is 6.02. The number of halogens is 2. The predicted octanol–water partition coefficient (Wildman–Crippen LogP) is 3.25. The number of benzene rings is 1. The summed E-state index contributed by atoms with van der Waals surface area (Å²) >= 11 is 12.1. The minimum Gasteiger partial charge on any atom is -0.370 e. The number of rotatable bonds is 2. The maximum Gasteiger partial charge on any atom is 0.222 e. The first kappa shape index (κ1) is 15.3. The number of hydrogen-bond acceptors (Lipinski definition) is 5. The first-order valence-corrected chi connectivity index (χ1v) is 7.71. The lowest BCUT2D eigenvalue weighted by Crippen LogP contribution is -2.39. The fourth-order valence-corrected chi connectivity index (χ4v) is 2.81. The Kier molecular flexibility index (Phi) is 4.38. The number of nitrogen functional groups attached to an aromatic ring is 1. The van der Waals surface area contributed by atoms with Gasteiger partial charge in [-0.25, -0.2) is 4.98 Å². The quantitative estimate of drug-likeness (QED) is 0.910. The summed E-state index contributed by atoms with van der Waals surface area (Å²) in [7, 11) is 0. The summed E-state index contributed by atoms with van der Waals surface area (Å²) in [6.07, 6.45) is -0.0833. The van der Waals surface area contributed by atoms with Gasteiger partial charge in [0.05, 0.1) is 16.7 Å². The van der Waals surface area contributed by atoms with Crippen LogP contribution in [0, 0.1) is 6.92 Å². The summed E-state index contributed by atoms with van der Waals surface area (Å²) in [5.74, 6) is 1.10. The number of aryl methyl sites for hydroxylation is 1. The average molecular weight is 339 g/mol. The number of ether oxygens (including phenoxy) is 1. The zero-order valence-electron chi connectivity index (χ0n) is 12.1. The van der Waals surface area contributed by atoms with Gasteiger partial charge >= 0.3 is 0 Å². The predicted molar refractivity (Wildman–Crippen MR) is 88.5 cm³/mol. The molecule has 1 fully saturated rings. The molecule has 1 aliphatic rings. The lowest BCUT2D eigenvalue weighted by molar-refractivity contribution is 0.0395. The van der Waals surface area contributed by atoms with Crippen molar-refractivity contribution in [2.45, 2.75) is 13.0 Å². The Morgan fingerprint density at radius 3 is 2.77 bits per heavy atom. The molecule has 2 N–H and O–H groups in total. The fourth-order valence-electron chi connectivity index (χ4n) is 2.51. The van der Waals surface area contributed by atoms with Crippen LogP contribution in [0.15, 0.2) is 24.3 Å². The zero-order chi connectivity index (χ0) is 15.7. The topological polar surface area (TPSA) is 64.3 Å². The van der Waals surface area contributed by atoms with Gasteiger partial charge in [0.1, 0.15) is 11.9 Å². The first-order chi connectivity index (χ1) is 10.5. The highest BCUT2D eigenvalue weighted by Gasteiger charge is 2.24. The molecule has 5 nitrogen and oxygen atoms in total. The van der Waals surface area contributed by atoms with E-state index in [1.54, 1.807) is 6.07 Å². The molecule has 0 spiro atoms. The molecule has 0 amide bonds. The Hall–Kier alpha value is -1.56. The molecule has 7 heteroatoms. The zero-order valence-corrected chi connectivity index (χ0v) is 13.6. The van der Waals surface area contributed by atoms with Crippen LogP contribution in [0.5, 0.6) is 0 Å². The van der Waals surface area contributed by atoms with E-state index in [2.05, 4.69) is 14.9 Å².